The molecule has 2 fully saturated rings. The Bertz CT molecular complexity index is 1610. The van der Waals surface area contributed by atoms with Crippen molar-refractivity contribution in [3.63, 3.8) is 0 Å². The third kappa shape index (κ3) is 6.83. The summed E-state index contributed by atoms with van der Waals surface area (Å²) in [6.45, 7) is 6.12. The quantitative estimate of drug-likeness (QED) is 0.371. The monoisotopic (exact) mass is 682 g/mol. The van der Waals surface area contributed by atoms with Crippen molar-refractivity contribution >= 4 is 33.2 Å². The number of ether oxygens (including phenoxy) is 3. The van der Waals surface area contributed by atoms with Gasteiger partial charge in [-0.05, 0) is 111 Å². The molecule has 0 radical (unpaired) electrons. The van der Waals surface area contributed by atoms with Gasteiger partial charge in [-0.2, -0.15) is 0 Å². The highest BCUT2D eigenvalue weighted by Gasteiger charge is 2.44. The van der Waals surface area contributed by atoms with E-state index in [1.54, 1.807) is 6.07 Å². The molecule has 7 rings (SSSR count). The van der Waals surface area contributed by atoms with Crippen LogP contribution in [0.25, 0.3) is 0 Å². The van der Waals surface area contributed by atoms with Crippen LogP contribution in [0, 0.1) is 17.8 Å². The standard InChI is InChI=1S/C37H47ClN2O6S/c1-2-30-7-3-4-8-34(45-22-25-15-17-44-21-25)31-12-9-28(31)20-40-23-37(16-5-6-26-18-29(38)11-13-32(26)37)24-46-35-14-10-27(19-33(35)40)36(41)39-47(30,42)43/h4,8,10-11,13-14,18-19,25,28,30-31,34H,2-3,5-7,9,12,15-17,20-24H2,1H3,(H,39,41)/b8-4+/t25-,28-,30+,31+,34-,37-/m0/s1. The van der Waals surface area contributed by atoms with Crippen LogP contribution in [0.5, 0.6) is 5.75 Å². The number of halogens is 1. The molecular formula is C37H47ClN2O6S. The Kier molecular flexibility index (Phi) is 9.62. The molecule has 0 aromatic heterocycles. The van der Waals surface area contributed by atoms with Crippen LogP contribution in [0.3, 0.4) is 0 Å². The molecule has 2 bridgehead atoms. The third-order valence-corrected chi connectivity index (χ3v) is 13.5. The number of nitrogens with one attached hydrogen (secondary N) is 1. The summed E-state index contributed by atoms with van der Waals surface area (Å²) in [5.41, 5.74) is 3.49. The number of benzene rings is 2. The number of anilines is 1. The summed E-state index contributed by atoms with van der Waals surface area (Å²) in [6, 6.07) is 11.6. The molecule has 2 aromatic carbocycles. The Balaban J connectivity index is 1.26. The van der Waals surface area contributed by atoms with Gasteiger partial charge in [0.2, 0.25) is 10.0 Å². The number of fused-ring (bicyclic) bond motifs is 4. The van der Waals surface area contributed by atoms with Gasteiger partial charge in [0, 0.05) is 41.6 Å². The van der Waals surface area contributed by atoms with E-state index >= 15 is 0 Å². The predicted molar refractivity (Wildman–Crippen MR) is 184 cm³/mol. The molecule has 1 N–H and O–H groups in total. The highest BCUT2D eigenvalue weighted by atomic mass is 35.5. The van der Waals surface area contributed by atoms with E-state index in [1.807, 2.05) is 25.1 Å². The van der Waals surface area contributed by atoms with Gasteiger partial charge in [0.15, 0.2) is 0 Å². The first-order valence-corrected chi connectivity index (χ1v) is 19.4. The fourth-order valence-corrected chi connectivity index (χ4v) is 10.1. The predicted octanol–water partition coefficient (Wildman–Crippen LogP) is 6.45. The van der Waals surface area contributed by atoms with E-state index < -0.39 is 21.2 Å². The van der Waals surface area contributed by atoms with E-state index in [0.29, 0.717) is 55.8 Å². The summed E-state index contributed by atoms with van der Waals surface area (Å²) in [4.78, 5) is 15.9. The Labute approximate surface area is 284 Å². The number of rotatable bonds is 4. The molecular weight excluding hydrogens is 636 g/mol. The lowest BCUT2D eigenvalue weighted by molar-refractivity contribution is -0.0282. The summed E-state index contributed by atoms with van der Waals surface area (Å²) in [7, 11) is -3.88. The number of hydrogen-bond acceptors (Lipinski definition) is 7. The maximum absolute atomic E-state index is 13.5. The number of sulfonamides is 1. The van der Waals surface area contributed by atoms with Gasteiger partial charge in [-0.25, -0.2) is 13.1 Å². The maximum Gasteiger partial charge on any atom is 0.264 e. The van der Waals surface area contributed by atoms with Crippen LogP contribution in [0.2, 0.25) is 5.02 Å². The van der Waals surface area contributed by atoms with Crippen molar-refractivity contribution < 1.29 is 27.4 Å². The first kappa shape index (κ1) is 32.9. The molecule has 1 amide bonds. The normalized spacial score (nSPS) is 32.7. The second-order valence-electron chi connectivity index (χ2n) is 14.3. The van der Waals surface area contributed by atoms with Crippen molar-refractivity contribution in [3.05, 3.63) is 70.3 Å². The zero-order valence-corrected chi connectivity index (χ0v) is 28.9. The minimum atomic E-state index is -3.88. The van der Waals surface area contributed by atoms with E-state index in [9.17, 15) is 13.2 Å². The van der Waals surface area contributed by atoms with Gasteiger partial charge in [0.1, 0.15) is 5.75 Å². The van der Waals surface area contributed by atoms with E-state index in [-0.39, 0.29) is 11.5 Å². The lowest BCUT2D eigenvalue weighted by atomic mass is 9.68. The lowest BCUT2D eigenvalue weighted by Crippen LogP contribution is -2.49. The Morgan fingerprint density at radius 2 is 2.02 bits per heavy atom. The molecule has 3 heterocycles. The molecule has 254 valence electrons. The Morgan fingerprint density at radius 3 is 2.81 bits per heavy atom. The molecule has 47 heavy (non-hydrogen) atoms. The zero-order chi connectivity index (χ0) is 32.6. The SMILES string of the molecule is CC[C@@H]1CC/C=C/[C@H](OC[C@H]2CCOC2)[C@@H]2CC[C@H]2CN2C[C@@]3(CCCc4cc(Cl)ccc43)COc3ccc(cc32)C(=O)NS1(=O)=O. The number of nitrogens with zero attached hydrogens (tertiary/aromatic N) is 1. The molecule has 5 aliphatic rings. The smallest absolute Gasteiger partial charge is 0.264 e. The topological polar surface area (TPSA) is 94.2 Å². The summed E-state index contributed by atoms with van der Waals surface area (Å²) in [5, 5.41) is 0.0796. The summed E-state index contributed by atoms with van der Waals surface area (Å²) < 4.78 is 48.1. The number of aryl methyl sites for hydroxylation is 1. The van der Waals surface area contributed by atoms with Gasteiger partial charge >= 0.3 is 0 Å². The molecule has 1 spiro atoms. The van der Waals surface area contributed by atoms with E-state index in [2.05, 4.69) is 33.9 Å². The zero-order valence-electron chi connectivity index (χ0n) is 27.3. The molecule has 0 unspecified atom stereocenters. The summed E-state index contributed by atoms with van der Waals surface area (Å²) in [5.74, 6) is 1.28. The first-order valence-electron chi connectivity index (χ1n) is 17.5. The van der Waals surface area contributed by atoms with Crippen LogP contribution in [-0.2, 0) is 31.3 Å². The van der Waals surface area contributed by atoms with E-state index in [1.165, 1.54) is 11.1 Å². The van der Waals surface area contributed by atoms with E-state index in [4.69, 9.17) is 25.8 Å². The van der Waals surface area contributed by atoms with Gasteiger partial charge in [-0.1, -0.05) is 36.7 Å². The van der Waals surface area contributed by atoms with Crippen LogP contribution < -0.4 is 14.4 Å². The van der Waals surface area contributed by atoms with Gasteiger partial charge in [0.05, 0.1) is 36.9 Å². The van der Waals surface area contributed by atoms with Gasteiger partial charge in [0.25, 0.3) is 5.91 Å². The average molecular weight is 683 g/mol. The highest BCUT2D eigenvalue weighted by Crippen LogP contribution is 2.47. The second-order valence-corrected chi connectivity index (χ2v) is 16.7. The number of amides is 1. The maximum atomic E-state index is 13.5. The molecule has 1 saturated carbocycles. The van der Waals surface area contributed by atoms with Crippen molar-refractivity contribution in [1.82, 2.24) is 4.72 Å². The molecule has 2 aliphatic carbocycles. The van der Waals surface area contributed by atoms with Crippen molar-refractivity contribution in [2.24, 2.45) is 17.8 Å². The van der Waals surface area contributed by atoms with Crippen molar-refractivity contribution in [2.45, 2.75) is 81.5 Å². The first-order chi connectivity index (χ1) is 22.7. The van der Waals surface area contributed by atoms with Crippen molar-refractivity contribution in [3.8, 4) is 5.75 Å². The fourth-order valence-electron chi connectivity index (χ4n) is 8.44. The average Bonchev–Trinajstić information content (AvgIpc) is 3.51. The molecule has 6 atom stereocenters. The minimum Gasteiger partial charge on any atom is -0.490 e. The van der Waals surface area contributed by atoms with Crippen LogP contribution in [0.4, 0.5) is 5.69 Å². The summed E-state index contributed by atoms with van der Waals surface area (Å²) in [6.07, 6.45) is 11.9. The molecule has 8 nitrogen and oxygen atoms in total. The van der Waals surface area contributed by atoms with Gasteiger partial charge in [-0.15, -0.1) is 0 Å². The third-order valence-electron chi connectivity index (χ3n) is 11.3. The van der Waals surface area contributed by atoms with Crippen LogP contribution in [0.15, 0.2) is 48.6 Å². The number of hydrogen-bond donors (Lipinski definition) is 1. The van der Waals surface area contributed by atoms with Gasteiger partial charge in [-0.3, -0.25) is 4.79 Å². The molecule has 1 saturated heterocycles. The molecule has 10 heteroatoms. The van der Waals surface area contributed by atoms with E-state index in [0.717, 1.165) is 81.3 Å². The largest absolute Gasteiger partial charge is 0.490 e. The molecule has 2 aromatic rings. The van der Waals surface area contributed by atoms with Gasteiger partial charge < -0.3 is 19.1 Å². The Hall–Kier alpha value is -2.59. The van der Waals surface area contributed by atoms with Crippen molar-refractivity contribution in [1.29, 1.82) is 0 Å². The Morgan fingerprint density at radius 1 is 1.13 bits per heavy atom. The number of carbonyl (C=O) groups excluding carboxylic acids is 1. The number of carbonyl (C=O) groups is 1. The highest BCUT2D eigenvalue weighted by molar-refractivity contribution is 7.90. The lowest BCUT2D eigenvalue weighted by Gasteiger charge is -2.46. The number of allylic oxidation sites excluding steroid dienone is 1. The van der Waals surface area contributed by atoms with Crippen LogP contribution in [0.1, 0.15) is 79.8 Å². The fraction of sp³-hybridized carbons (Fsp3) is 0.595. The van der Waals surface area contributed by atoms with Crippen LogP contribution in [-0.4, -0.2) is 65.2 Å². The van der Waals surface area contributed by atoms with Crippen molar-refractivity contribution in [2.75, 3.05) is 44.4 Å². The summed E-state index contributed by atoms with van der Waals surface area (Å²) >= 11 is 6.45. The van der Waals surface area contributed by atoms with Crippen LogP contribution >= 0.6 is 11.6 Å². The second kappa shape index (κ2) is 13.7. The minimum absolute atomic E-state index is 0.0424. The molecule has 3 aliphatic heterocycles.